The van der Waals surface area contributed by atoms with Crippen molar-refractivity contribution in [3.8, 4) is 0 Å². The summed E-state index contributed by atoms with van der Waals surface area (Å²) in [4.78, 5) is 11.1. The van der Waals surface area contributed by atoms with Crippen molar-refractivity contribution in [1.29, 1.82) is 0 Å². The lowest BCUT2D eigenvalue weighted by atomic mass is 10.6. The Morgan fingerprint density at radius 1 is 1.41 bits per heavy atom. The maximum atomic E-state index is 11.7. The van der Waals surface area contributed by atoms with Gasteiger partial charge in [0.1, 0.15) is 0 Å². The quantitative estimate of drug-likeness (QED) is 0.647. The zero-order valence-electron chi connectivity index (χ0n) is 9.81. The van der Waals surface area contributed by atoms with Crippen molar-refractivity contribution in [3.63, 3.8) is 0 Å². The van der Waals surface area contributed by atoms with Crippen LogP contribution in [0.5, 0.6) is 0 Å². The molecule has 0 aromatic heterocycles. The van der Waals surface area contributed by atoms with Crippen LogP contribution in [0.2, 0.25) is 0 Å². The van der Waals surface area contributed by atoms with Gasteiger partial charge in [0.05, 0.1) is 13.2 Å². The Balaban J connectivity index is 4.53. The minimum atomic E-state index is -3.88. The summed E-state index contributed by atoms with van der Waals surface area (Å²) in [6.07, 6.45) is -0.982. The van der Waals surface area contributed by atoms with Crippen molar-refractivity contribution in [1.82, 2.24) is 9.03 Å². The van der Waals surface area contributed by atoms with E-state index in [9.17, 15) is 13.2 Å². The zero-order chi connectivity index (χ0) is 13.3. The van der Waals surface area contributed by atoms with Crippen LogP contribution in [0, 0.1) is 0 Å². The molecule has 0 aliphatic heterocycles. The van der Waals surface area contributed by atoms with Gasteiger partial charge >= 0.3 is 16.3 Å². The number of methoxy groups -OCH3 is 1. The van der Waals surface area contributed by atoms with Crippen molar-refractivity contribution in [2.45, 2.75) is 6.92 Å². The second-order valence-electron chi connectivity index (χ2n) is 2.91. The molecule has 0 unspecified atom stereocenters. The number of ether oxygens (including phenoxy) is 2. The first-order chi connectivity index (χ1) is 7.97. The summed E-state index contributed by atoms with van der Waals surface area (Å²) < 4.78 is 35.7. The zero-order valence-corrected chi connectivity index (χ0v) is 12.2. The molecule has 1 N–H and O–H groups in total. The van der Waals surface area contributed by atoms with Gasteiger partial charge in [0.2, 0.25) is 0 Å². The fourth-order valence-electron chi connectivity index (χ4n) is 0.970. The Morgan fingerprint density at radius 2 is 2.06 bits per heavy atom. The summed E-state index contributed by atoms with van der Waals surface area (Å²) in [5, 5.41) is 0.459. The molecule has 0 aromatic rings. The number of hydrogen-bond acceptors (Lipinski definition) is 5. The van der Waals surface area contributed by atoms with E-state index in [0.717, 1.165) is 4.31 Å². The lowest BCUT2D eigenvalue weighted by Gasteiger charge is -2.20. The monoisotopic (exact) mass is 332 g/mol. The minimum Gasteiger partial charge on any atom is -0.449 e. The molecule has 0 spiro atoms. The normalized spacial score (nSPS) is 11.5. The van der Waals surface area contributed by atoms with Gasteiger partial charge in [0.15, 0.2) is 0 Å². The first kappa shape index (κ1) is 16.6. The van der Waals surface area contributed by atoms with Gasteiger partial charge < -0.3 is 9.47 Å². The van der Waals surface area contributed by atoms with Crippen LogP contribution in [0.4, 0.5) is 4.79 Å². The Hall–Kier alpha value is -0.380. The number of rotatable bonds is 8. The molecule has 0 aliphatic carbocycles. The van der Waals surface area contributed by atoms with Crippen molar-refractivity contribution >= 4 is 32.2 Å². The number of nitrogens with zero attached hydrogens (tertiary/aromatic N) is 1. The van der Waals surface area contributed by atoms with Crippen LogP contribution >= 0.6 is 15.9 Å². The van der Waals surface area contributed by atoms with Crippen molar-refractivity contribution in [2.75, 3.05) is 38.7 Å². The molecule has 0 aromatic carbocycles. The summed E-state index contributed by atoms with van der Waals surface area (Å²) in [6.45, 7) is 2.34. The third kappa shape index (κ3) is 6.81. The number of amides is 1. The van der Waals surface area contributed by atoms with E-state index in [-0.39, 0.29) is 26.3 Å². The summed E-state index contributed by atoms with van der Waals surface area (Å²) in [5.41, 5.74) is 0. The Bertz CT molecular complexity index is 322. The Morgan fingerprint density at radius 3 is 2.53 bits per heavy atom. The highest BCUT2D eigenvalue weighted by atomic mass is 79.9. The minimum absolute atomic E-state index is 0.109. The molecular formula is C8H17BrN2O5S. The van der Waals surface area contributed by atoms with Crippen molar-refractivity contribution in [2.24, 2.45) is 0 Å². The van der Waals surface area contributed by atoms with Gasteiger partial charge in [-0.2, -0.15) is 12.7 Å². The van der Waals surface area contributed by atoms with Crippen molar-refractivity contribution in [3.05, 3.63) is 0 Å². The number of halogens is 1. The molecule has 0 fully saturated rings. The number of alkyl halides is 1. The average Bonchev–Trinajstić information content (AvgIpc) is 2.23. The fourth-order valence-corrected chi connectivity index (χ4v) is 2.68. The number of nitrogens with one attached hydrogen (secondary N) is 1. The Kier molecular flexibility index (Phi) is 8.48. The first-order valence-electron chi connectivity index (χ1n) is 4.97. The first-order valence-corrected chi connectivity index (χ1v) is 7.53. The molecule has 102 valence electrons. The van der Waals surface area contributed by atoms with Crippen LogP contribution in [0.15, 0.2) is 0 Å². The fraction of sp³-hybridized carbons (Fsp3) is 0.875. The van der Waals surface area contributed by atoms with Gasteiger partial charge in [0, 0.05) is 25.5 Å². The average molecular weight is 333 g/mol. The van der Waals surface area contributed by atoms with Crippen LogP contribution in [-0.2, 0) is 19.7 Å². The van der Waals surface area contributed by atoms with E-state index in [1.165, 1.54) is 7.11 Å². The Labute approximate surface area is 110 Å². The highest BCUT2D eigenvalue weighted by Gasteiger charge is 2.23. The number of carbonyl (C=O) groups excluding carboxylic acids is 1. The highest BCUT2D eigenvalue weighted by molar-refractivity contribution is 9.09. The van der Waals surface area contributed by atoms with Crippen LogP contribution in [0.1, 0.15) is 6.92 Å². The van der Waals surface area contributed by atoms with E-state index in [1.807, 2.05) is 4.72 Å². The van der Waals surface area contributed by atoms with Gasteiger partial charge in [-0.1, -0.05) is 15.9 Å². The second kappa shape index (κ2) is 8.67. The standard InChI is InChI=1S/C8H17BrN2O5S/c1-3-16-8(12)10-17(13,14)11(5-4-9)6-7-15-2/h3-7H2,1-2H3,(H,10,12). The number of hydrogen-bond donors (Lipinski definition) is 1. The van der Waals surface area contributed by atoms with E-state index in [2.05, 4.69) is 20.7 Å². The van der Waals surface area contributed by atoms with Crippen LogP contribution < -0.4 is 4.72 Å². The van der Waals surface area contributed by atoms with Crippen LogP contribution in [0.3, 0.4) is 0 Å². The third-order valence-electron chi connectivity index (χ3n) is 1.71. The van der Waals surface area contributed by atoms with E-state index in [0.29, 0.717) is 5.33 Å². The predicted molar refractivity (Wildman–Crippen MR) is 66.3 cm³/mol. The molecule has 0 saturated heterocycles. The van der Waals surface area contributed by atoms with Gasteiger partial charge in [0.25, 0.3) is 0 Å². The molecule has 0 rings (SSSR count). The van der Waals surface area contributed by atoms with Crippen LogP contribution in [0.25, 0.3) is 0 Å². The van der Waals surface area contributed by atoms with Crippen LogP contribution in [-0.4, -0.2) is 57.6 Å². The topological polar surface area (TPSA) is 84.9 Å². The summed E-state index contributed by atoms with van der Waals surface area (Å²) in [5.74, 6) is 0. The molecular weight excluding hydrogens is 316 g/mol. The predicted octanol–water partition coefficient (Wildman–Crippen LogP) is 0.321. The second-order valence-corrected chi connectivity index (χ2v) is 5.37. The van der Waals surface area contributed by atoms with Gasteiger partial charge in [-0.05, 0) is 6.92 Å². The summed E-state index contributed by atoms with van der Waals surface area (Å²) >= 11 is 3.14. The lowest BCUT2D eigenvalue weighted by molar-refractivity contribution is 0.156. The maximum Gasteiger partial charge on any atom is 0.421 e. The molecule has 0 aliphatic rings. The SMILES string of the molecule is CCOC(=O)NS(=O)(=O)N(CCBr)CCOC. The molecule has 0 bridgehead atoms. The maximum absolute atomic E-state index is 11.7. The van der Waals surface area contributed by atoms with E-state index in [1.54, 1.807) is 6.92 Å². The van der Waals surface area contributed by atoms with Gasteiger partial charge in [-0.3, -0.25) is 0 Å². The van der Waals surface area contributed by atoms with E-state index in [4.69, 9.17) is 4.74 Å². The molecule has 0 radical (unpaired) electrons. The summed E-state index contributed by atoms with van der Waals surface area (Å²) in [6, 6.07) is 0. The summed E-state index contributed by atoms with van der Waals surface area (Å²) in [7, 11) is -2.41. The smallest absolute Gasteiger partial charge is 0.421 e. The van der Waals surface area contributed by atoms with Gasteiger partial charge in [-0.15, -0.1) is 0 Å². The molecule has 0 heterocycles. The van der Waals surface area contributed by atoms with Crippen molar-refractivity contribution < 1.29 is 22.7 Å². The molecule has 0 saturated carbocycles. The number of carbonyl (C=O) groups is 1. The molecule has 1 amide bonds. The molecule has 9 heteroatoms. The lowest BCUT2D eigenvalue weighted by Crippen LogP contribution is -2.45. The van der Waals surface area contributed by atoms with E-state index >= 15 is 0 Å². The third-order valence-corrected chi connectivity index (χ3v) is 3.53. The molecule has 0 atom stereocenters. The molecule has 17 heavy (non-hydrogen) atoms. The highest BCUT2D eigenvalue weighted by Crippen LogP contribution is 2.00. The van der Waals surface area contributed by atoms with Gasteiger partial charge in [-0.25, -0.2) is 9.52 Å². The largest absolute Gasteiger partial charge is 0.449 e. The molecule has 7 nitrogen and oxygen atoms in total. The van der Waals surface area contributed by atoms with E-state index < -0.39 is 16.3 Å².